The van der Waals surface area contributed by atoms with Gasteiger partial charge in [0, 0.05) is 0 Å². The third kappa shape index (κ3) is 5.11. The molecule has 0 aliphatic rings. The minimum Gasteiger partial charge on any atom is -0.478 e. The van der Waals surface area contributed by atoms with Gasteiger partial charge in [-0.3, -0.25) is 4.90 Å². The summed E-state index contributed by atoms with van der Waals surface area (Å²) in [5.74, 6) is -1.32. The van der Waals surface area contributed by atoms with Gasteiger partial charge in [-0.25, -0.2) is 4.79 Å². The molecular formula is C11H12Cl5NO3. The van der Waals surface area contributed by atoms with Crippen LogP contribution < -0.4 is 0 Å². The summed E-state index contributed by atoms with van der Waals surface area (Å²) in [6.45, 7) is 1.72. The number of halogens is 5. The monoisotopic (exact) mass is 381 g/mol. The van der Waals surface area contributed by atoms with Crippen molar-refractivity contribution in [1.29, 1.82) is 0 Å². The Kier molecular flexibility index (Phi) is 8.52. The number of aliphatic hydroxyl groups excluding tert-OH is 1. The van der Waals surface area contributed by atoms with Gasteiger partial charge in [-0.2, -0.15) is 0 Å². The van der Waals surface area contributed by atoms with E-state index in [9.17, 15) is 4.79 Å². The van der Waals surface area contributed by atoms with Gasteiger partial charge in [0.1, 0.15) is 6.23 Å². The largest absolute Gasteiger partial charge is 0.478 e. The van der Waals surface area contributed by atoms with E-state index in [0.29, 0.717) is 0 Å². The van der Waals surface area contributed by atoms with E-state index >= 15 is 0 Å². The summed E-state index contributed by atoms with van der Waals surface area (Å²) in [4.78, 5) is 12.5. The second-order valence-electron chi connectivity index (χ2n) is 3.85. The van der Waals surface area contributed by atoms with Crippen LogP contribution in [0, 0.1) is 0 Å². The van der Waals surface area contributed by atoms with Crippen LogP contribution in [0.5, 0.6) is 0 Å². The van der Waals surface area contributed by atoms with Gasteiger partial charge in [0.15, 0.2) is 0 Å². The van der Waals surface area contributed by atoms with Crippen molar-refractivity contribution in [2.24, 2.45) is 0 Å². The van der Waals surface area contributed by atoms with Crippen LogP contribution in [0.15, 0.2) is 0 Å². The highest BCUT2D eigenvalue weighted by atomic mass is 35.5. The quantitative estimate of drug-likeness (QED) is 0.447. The molecule has 1 aromatic carbocycles. The number of aromatic carboxylic acids is 1. The van der Waals surface area contributed by atoms with E-state index in [4.69, 9.17) is 68.2 Å². The summed E-state index contributed by atoms with van der Waals surface area (Å²) < 4.78 is 0. The Balaban J connectivity index is 0.000000511. The molecule has 114 valence electrons. The molecule has 0 spiro atoms. The van der Waals surface area contributed by atoms with Crippen molar-refractivity contribution in [3.63, 3.8) is 0 Å². The number of hydrogen-bond acceptors (Lipinski definition) is 3. The molecule has 0 aromatic heterocycles. The second kappa shape index (κ2) is 8.49. The van der Waals surface area contributed by atoms with Crippen LogP contribution in [0.2, 0.25) is 25.1 Å². The van der Waals surface area contributed by atoms with E-state index in [1.807, 2.05) is 14.1 Å². The van der Waals surface area contributed by atoms with E-state index in [1.165, 1.54) is 0 Å². The summed E-state index contributed by atoms with van der Waals surface area (Å²) in [5.41, 5.74) is -0.354. The lowest BCUT2D eigenvalue weighted by molar-refractivity contribution is 0.0578. The number of carbonyl (C=O) groups is 1. The Morgan fingerprint density at radius 2 is 1.20 bits per heavy atom. The number of carboxylic acid groups (broad SMARTS) is 1. The zero-order chi connectivity index (χ0) is 16.2. The number of nitrogens with zero attached hydrogens (tertiary/aromatic N) is 1. The van der Waals surface area contributed by atoms with Crippen molar-refractivity contribution < 1.29 is 15.0 Å². The first kappa shape index (κ1) is 20.1. The minimum absolute atomic E-state index is 0.0617. The average Bonchev–Trinajstić information content (AvgIpc) is 2.34. The molecule has 0 radical (unpaired) electrons. The van der Waals surface area contributed by atoms with Gasteiger partial charge < -0.3 is 10.2 Å². The number of aliphatic hydroxyl groups is 1. The summed E-state index contributed by atoms with van der Waals surface area (Å²) in [6, 6.07) is 0. The van der Waals surface area contributed by atoms with Crippen LogP contribution in [-0.2, 0) is 0 Å². The number of benzene rings is 1. The fraction of sp³-hybridized carbons (Fsp3) is 0.364. The fourth-order valence-corrected chi connectivity index (χ4v) is 2.09. The summed E-state index contributed by atoms with van der Waals surface area (Å²) in [7, 11) is 3.65. The molecule has 0 heterocycles. The molecule has 1 aromatic rings. The Labute approximate surface area is 141 Å². The van der Waals surface area contributed by atoms with Crippen LogP contribution in [0.25, 0.3) is 0 Å². The third-order valence-electron chi connectivity index (χ3n) is 2.17. The molecule has 0 aliphatic heterocycles. The summed E-state index contributed by atoms with van der Waals surface area (Å²) in [5, 5.41) is 16.6. The van der Waals surface area contributed by atoms with Crippen molar-refractivity contribution in [2.45, 2.75) is 13.2 Å². The zero-order valence-corrected chi connectivity index (χ0v) is 14.5. The first-order valence-corrected chi connectivity index (χ1v) is 7.00. The molecule has 0 saturated carbocycles. The molecule has 0 aliphatic carbocycles. The fourth-order valence-electron chi connectivity index (χ4n) is 0.793. The molecule has 2 N–H and O–H groups in total. The lowest BCUT2D eigenvalue weighted by Gasteiger charge is -2.11. The number of hydrogen-bond donors (Lipinski definition) is 2. The Bertz CT molecular complexity index is 470. The Morgan fingerprint density at radius 1 is 0.950 bits per heavy atom. The SMILES string of the molecule is CC(O)N(C)C.O=C(O)c1c(Cl)c(Cl)c(Cl)c(Cl)c1Cl. The molecular weight excluding hydrogens is 371 g/mol. The Hall–Kier alpha value is 0.0600. The first-order valence-electron chi connectivity index (χ1n) is 5.11. The topological polar surface area (TPSA) is 60.8 Å². The van der Waals surface area contributed by atoms with Gasteiger partial charge in [-0.1, -0.05) is 58.0 Å². The normalized spacial score (nSPS) is 11.9. The van der Waals surface area contributed by atoms with Crippen molar-refractivity contribution in [3.05, 3.63) is 30.7 Å². The standard InChI is InChI=1S/C7HCl5O2.C4H11NO/c8-2-1(7(13)14)3(9)5(11)6(12)4(2)10;1-4(6)5(2)3/h(H,13,14);4,6H,1-3H3. The maximum Gasteiger partial charge on any atom is 0.338 e. The van der Waals surface area contributed by atoms with Gasteiger partial charge in [0.25, 0.3) is 0 Å². The van der Waals surface area contributed by atoms with E-state index in [0.717, 1.165) is 0 Å². The predicted octanol–water partition coefficient (Wildman–Crippen LogP) is 4.54. The number of carboxylic acids is 1. The summed E-state index contributed by atoms with van der Waals surface area (Å²) in [6.07, 6.45) is -0.315. The van der Waals surface area contributed by atoms with Crippen LogP contribution in [0.3, 0.4) is 0 Å². The zero-order valence-electron chi connectivity index (χ0n) is 10.7. The molecule has 0 amide bonds. The van der Waals surface area contributed by atoms with Crippen molar-refractivity contribution in [2.75, 3.05) is 14.1 Å². The molecule has 0 saturated heterocycles. The van der Waals surface area contributed by atoms with Crippen LogP contribution in [0.4, 0.5) is 0 Å². The van der Waals surface area contributed by atoms with Crippen molar-refractivity contribution in [3.8, 4) is 0 Å². The van der Waals surface area contributed by atoms with Gasteiger partial charge in [0.05, 0.1) is 30.7 Å². The van der Waals surface area contributed by atoms with E-state index in [2.05, 4.69) is 0 Å². The van der Waals surface area contributed by atoms with Gasteiger partial charge >= 0.3 is 5.97 Å². The van der Waals surface area contributed by atoms with Gasteiger partial charge in [-0.05, 0) is 21.0 Å². The van der Waals surface area contributed by atoms with Crippen molar-refractivity contribution in [1.82, 2.24) is 4.90 Å². The highest BCUT2D eigenvalue weighted by molar-refractivity contribution is 6.56. The highest BCUT2D eigenvalue weighted by Gasteiger charge is 2.23. The Morgan fingerprint density at radius 3 is 1.40 bits per heavy atom. The van der Waals surface area contributed by atoms with Gasteiger partial charge in [-0.15, -0.1) is 0 Å². The molecule has 0 fully saturated rings. The second-order valence-corrected chi connectivity index (χ2v) is 5.74. The molecule has 1 rings (SSSR count). The molecule has 0 bridgehead atoms. The smallest absolute Gasteiger partial charge is 0.338 e. The van der Waals surface area contributed by atoms with Crippen LogP contribution >= 0.6 is 58.0 Å². The molecule has 9 heteroatoms. The summed E-state index contributed by atoms with van der Waals surface area (Å²) >= 11 is 28.2. The predicted molar refractivity (Wildman–Crippen MR) is 83.8 cm³/mol. The van der Waals surface area contributed by atoms with E-state index in [1.54, 1.807) is 11.8 Å². The lowest BCUT2D eigenvalue weighted by atomic mass is 10.2. The first-order chi connectivity index (χ1) is 9.02. The van der Waals surface area contributed by atoms with E-state index < -0.39 is 5.97 Å². The van der Waals surface area contributed by atoms with Crippen molar-refractivity contribution >= 4 is 64.0 Å². The lowest BCUT2D eigenvalue weighted by Crippen LogP contribution is -2.23. The maximum absolute atomic E-state index is 10.7. The molecule has 1 unspecified atom stereocenters. The average molecular weight is 383 g/mol. The van der Waals surface area contributed by atoms with Crippen LogP contribution in [0.1, 0.15) is 17.3 Å². The highest BCUT2D eigenvalue weighted by Crippen LogP contribution is 2.43. The van der Waals surface area contributed by atoms with Crippen LogP contribution in [-0.4, -0.2) is 41.4 Å². The minimum atomic E-state index is -1.32. The van der Waals surface area contributed by atoms with Gasteiger partial charge in [0.2, 0.25) is 0 Å². The third-order valence-corrected chi connectivity index (χ3v) is 4.45. The molecule has 20 heavy (non-hydrogen) atoms. The maximum atomic E-state index is 10.7. The van der Waals surface area contributed by atoms with E-state index in [-0.39, 0.29) is 36.9 Å². The number of rotatable bonds is 2. The molecule has 1 atom stereocenters. The molecule has 4 nitrogen and oxygen atoms in total.